The smallest absolute Gasteiger partial charge is 0.251 e. The number of nitrogens with zero attached hydrogens (tertiary/aromatic N) is 1. The van der Waals surface area contributed by atoms with Gasteiger partial charge in [-0.1, -0.05) is 23.9 Å². The Labute approximate surface area is 133 Å². The van der Waals surface area contributed by atoms with Crippen molar-refractivity contribution in [2.75, 3.05) is 12.4 Å². The minimum absolute atomic E-state index is 0.0365. The van der Waals surface area contributed by atoms with Gasteiger partial charge in [-0.15, -0.1) is 0 Å². The number of aromatic nitrogens is 1. The molecule has 116 valence electrons. The van der Waals surface area contributed by atoms with Gasteiger partial charge in [-0.05, 0) is 25.1 Å². The number of aliphatic hydroxyl groups excluding tert-OH is 1. The van der Waals surface area contributed by atoms with Gasteiger partial charge in [0.25, 0.3) is 5.03 Å². The molecule has 2 aromatic rings. The lowest BCUT2D eigenvalue weighted by Gasteiger charge is -2.12. The van der Waals surface area contributed by atoms with Crippen molar-refractivity contribution in [1.29, 1.82) is 0 Å². The molecule has 0 radical (unpaired) electrons. The monoisotopic (exact) mass is 319 g/mol. The van der Waals surface area contributed by atoms with Gasteiger partial charge < -0.3 is 15.1 Å². The molecule has 0 aliphatic heterocycles. The van der Waals surface area contributed by atoms with Crippen molar-refractivity contribution in [1.82, 2.24) is 0 Å². The molecule has 1 heterocycles. The Morgan fingerprint density at radius 3 is 2.91 bits per heavy atom. The molecule has 0 bridgehead atoms. The third-order valence-corrected chi connectivity index (χ3v) is 4.06. The predicted octanol–water partition coefficient (Wildman–Crippen LogP) is 2.05. The zero-order valence-electron chi connectivity index (χ0n) is 12.1. The maximum Gasteiger partial charge on any atom is 0.251 e. The van der Waals surface area contributed by atoms with E-state index in [1.807, 2.05) is 0 Å². The maximum atomic E-state index is 11.5. The number of carbonyl (C=O) groups excluding carboxylic acids is 1. The third-order valence-electron chi connectivity index (χ3n) is 2.90. The standard InChI is InChI=1S/C16H17NO4S/c1-12(18)13-5-4-6-15(9-13)21-10-14(19)11-22-16-7-2-3-8-17(16)20/h2-9,14,19H,10-11H2,1H3. The summed E-state index contributed by atoms with van der Waals surface area (Å²) in [5.41, 5.74) is 0.568. The number of thioether (sulfide) groups is 1. The number of carbonyl (C=O) groups is 1. The second-order valence-electron chi connectivity index (χ2n) is 4.72. The summed E-state index contributed by atoms with van der Waals surface area (Å²) in [6.07, 6.45) is 0.699. The van der Waals surface area contributed by atoms with Crippen molar-refractivity contribution < 1.29 is 19.4 Å². The SMILES string of the molecule is CC(=O)c1cccc(OCC(O)CSc2cccc[n+]2[O-])c1. The molecule has 2 rings (SSSR count). The molecule has 5 nitrogen and oxygen atoms in total. The summed E-state index contributed by atoms with van der Waals surface area (Å²) in [6, 6.07) is 11.9. The Bertz CT molecular complexity index is 648. The van der Waals surface area contributed by atoms with Gasteiger partial charge in [0.2, 0.25) is 0 Å². The zero-order chi connectivity index (χ0) is 15.9. The van der Waals surface area contributed by atoms with Gasteiger partial charge in [-0.2, -0.15) is 4.73 Å². The van der Waals surface area contributed by atoms with Crippen LogP contribution in [0.25, 0.3) is 0 Å². The second-order valence-corrected chi connectivity index (χ2v) is 5.76. The van der Waals surface area contributed by atoms with Crippen LogP contribution in [0.15, 0.2) is 53.7 Å². The lowest BCUT2D eigenvalue weighted by atomic mass is 10.1. The summed E-state index contributed by atoms with van der Waals surface area (Å²) in [7, 11) is 0. The molecule has 0 amide bonds. The second kappa shape index (κ2) is 7.82. The maximum absolute atomic E-state index is 11.5. The van der Waals surface area contributed by atoms with Gasteiger partial charge >= 0.3 is 0 Å². The first-order valence-corrected chi connectivity index (χ1v) is 7.77. The fourth-order valence-electron chi connectivity index (χ4n) is 1.75. The first-order chi connectivity index (χ1) is 10.6. The van der Waals surface area contributed by atoms with Gasteiger partial charge in [0.05, 0.1) is 6.10 Å². The van der Waals surface area contributed by atoms with Crippen molar-refractivity contribution in [3.63, 3.8) is 0 Å². The van der Waals surface area contributed by atoms with E-state index in [0.717, 1.165) is 4.73 Å². The lowest BCUT2D eigenvalue weighted by molar-refractivity contribution is -0.645. The van der Waals surface area contributed by atoms with Crippen LogP contribution in [0.3, 0.4) is 0 Å². The average Bonchev–Trinajstić information content (AvgIpc) is 2.52. The van der Waals surface area contributed by atoms with Gasteiger partial charge in [-0.25, -0.2) is 0 Å². The van der Waals surface area contributed by atoms with E-state index >= 15 is 0 Å². The Hall–Kier alpha value is -2.05. The van der Waals surface area contributed by atoms with Crippen molar-refractivity contribution in [3.05, 3.63) is 59.4 Å². The highest BCUT2D eigenvalue weighted by Crippen LogP contribution is 2.16. The molecule has 1 aromatic heterocycles. The number of Topliss-reactive ketones (excluding diaryl/α,β-unsaturated/α-hetero) is 1. The van der Waals surface area contributed by atoms with Crippen LogP contribution in [0.1, 0.15) is 17.3 Å². The van der Waals surface area contributed by atoms with Crippen LogP contribution < -0.4 is 9.47 Å². The molecule has 1 unspecified atom stereocenters. The van der Waals surface area contributed by atoms with Gasteiger partial charge in [0, 0.05) is 23.4 Å². The molecule has 1 N–H and O–H groups in total. The number of hydrogen-bond acceptors (Lipinski definition) is 5. The number of ether oxygens (including phenoxy) is 1. The average molecular weight is 319 g/mol. The summed E-state index contributed by atoms with van der Waals surface area (Å²) >= 11 is 1.26. The fraction of sp³-hybridized carbons (Fsp3) is 0.250. The van der Waals surface area contributed by atoms with Crippen molar-refractivity contribution in [3.8, 4) is 5.75 Å². The molecule has 0 saturated carbocycles. The topological polar surface area (TPSA) is 73.5 Å². The molecule has 22 heavy (non-hydrogen) atoms. The molecular formula is C16H17NO4S. The van der Waals surface area contributed by atoms with Crippen LogP contribution in [0.4, 0.5) is 0 Å². The summed E-state index contributed by atoms with van der Waals surface area (Å²) in [5.74, 6) is 0.847. The zero-order valence-corrected chi connectivity index (χ0v) is 13.0. The Balaban J connectivity index is 1.83. The van der Waals surface area contributed by atoms with Crippen LogP contribution in [0, 0.1) is 5.21 Å². The summed E-state index contributed by atoms with van der Waals surface area (Å²) in [6.45, 7) is 1.59. The van der Waals surface area contributed by atoms with Crippen molar-refractivity contribution in [2.45, 2.75) is 18.1 Å². The van der Waals surface area contributed by atoms with E-state index < -0.39 is 6.10 Å². The van der Waals surface area contributed by atoms with E-state index in [4.69, 9.17) is 4.74 Å². The number of pyridine rings is 1. The Morgan fingerprint density at radius 1 is 1.36 bits per heavy atom. The molecule has 6 heteroatoms. The lowest BCUT2D eigenvalue weighted by Crippen LogP contribution is -2.29. The fourth-order valence-corrected chi connectivity index (χ4v) is 2.57. The molecule has 1 atom stereocenters. The highest BCUT2D eigenvalue weighted by Gasteiger charge is 2.11. The largest absolute Gasteiger partial charge is 0.618 e. The van der Waals surface area contributed by atoms with Crippen LogP contribution in [0.2, 0.25) is 0 Å². The van der Waals surface area contributed by atoms with E-state index in [2.05, 4.69) is 0 Å². The van der Waals surface area contributed by atoms with E-state index in [1.165, 1.54) is 24.9 Å². The number of rotatable bonds is 7. The van der Waals surface area contributed by atoms with E-state index in [-0.39, 0.29) is 12.4 Å². The third kappa shape index (κ3) is 4.75. The summed E-state index contributed by atoms with van der Waals surface area (Å²) < 4.78 is 6.24. The van der Waals surface area contributed by atoms with Crippen LogP contribution in [-0.2, 0) is 0 Å². The van der Waals surface area contributed by atoms with E-state index in [1.54, 1.807) is 42.5 Å². The van der Waals surface area contributed by atoms with Crippen LogP contribution in [0.5, 0.6) is 5.75 Å². The molecular weight excluding hydrogens is 302 g/mol. The normalized spacial score (nSPS) is 11.9. The van der Waals surface area contributed by atoms with Crippen LogP contribution >= 0.6 is 11.8 Å². The number of benzene rings is 1. The van der Waals surface area contributed by atoms with Gasteiger partial charge in [-0.3, -0.25) is 4.79 Å². The van der Waals surface area contributed by atoms with Gasteiger partial charge in [0.15, 0.2) is 12.0 Å². The Morgan fingerprint density at radius 2 is 2.18 bits per heavy atom. The molecule has 0 aliphatic carbocycles. The summed E-state index contributed by atoms with van der Waals surface area (Å²) in [5, 5.41) is 21.9. The van der Waals surface area contributed by atoms with Crippen molar-refractivity contribution in [2.24, 2.45) is 0 Å². The van der Waals surface area contributed by atoms with E-state index in [9.17, 15) is 15.1 Å². The van der Waals surface area contributed by atoms with Gasteiger partial charge in [0.1, 0.15) is 12.4 Å². The highest BCUT2D eigenvalue weighted by atomic mass is 32.2. The highest BCUT2D eigenvalue weighted by molar-refractivity contribution is 7.99. The predicted molar refractivity (Wildman–Crippen MR) is 84.1 cm³/mol. The minimum Gasteiger partial charge on any atom is -0.618 e. The molecule has 1 aromatic carbocycles. The molecule has 0 fully saturated rings. The Kier molecular flexibility index (Phi) is 5.80. The molecule has 0 aliphatic rings. The first kappa shape index (κ1) is 16.3. The first-order valence-electron chi connectivity index (χ1n) is 6.79. The minimum atomic E-state index is -0.716. The summed E-state index contributed by atoms with van der Waals surface area (Å²) in [4.78, 5) is 11.3. The number of hydrogen-bond donors (Lipinski definition) is 1. The van der Waals surface area contributed by atoms with Crippen molar-refractivity contribution >= 4 is 17.5 Å². The van der Waals surface area contributed by atoms with E-state index in [0.29, 0.717) is 22.1 Å². The molecule has 0 saturated heterocycles. The molecule has 0 spiro atoms. The number of ketones is 1. The number of aliphatic hydroxyl groups is 1. The quantitative estimate of drug-likeness (QED) is 0.366. The van der Waals surface area contributed by atoms with Crippen LogP contribution in [-0.4, -0.2) is 29.4 Å².